The van der Waals surface area contributed by atoms with Crippen molar-refractivity contribution in [2.45, 2.75) is 25.4 Å². The molecule has 1 saturated heterocycles. The average molecular weight is 292 g/mol. The topological polar surface area (TPSA) is 29.1 Å². The normalized spacial score (nSPS) is 24.8. The Kier molecular flexibility index (Phi) is 4.86. The van der Waals surface area contributed by atoms with Crippen molar-refractivity contribution in [1.29, 1.82) is 0 Å². The molecule has 17 heavy (non-hydrogen) atoms. The molecular weight excluding hydrogens is 277 g/mol. The smallest absolute Gasteiger partial charge is 0.0595 e. The van der Waals surface area contributed by atoms with Gasteiger partial charge in [-0.2, -0.15) is 0 Å². The monoisotopic (exact) mass is 291 g/mol. The fourth-order valence-electron chi connectivity index (χ4n) is 1.91. The molecule has 94 valence electrons. The first-order chi connectivity index (χ1) is 8.15. The third-order valence-corrected chi connectivity index (χ3v) is 5.09. The van der Waals surface area contributed by atoms with Crippen molar-refractivity contribution in [2.75, 3.05) is 11.5 Å². The van der Waals surface area contributed by atoms with Crippen LogP contribution in [0.3, 0.4) is 0 Å². The van der Waals surface area contributed by atoms with Crippen molar-refractivity contribution >= 4 is 34.0 Å². The number of benzene rings is 1. The zero-order chi connectivity index (χ0) is 12.3. The number of hydrogen-bond acceptors (Lipinski definition) is 2. The minimum Gasteiger partial charge on any atom is -0.310 e. The van der Waals surface area contributed by atoms with E-state index < -0.39 is 10.8 Å². The van der Waals surface area contributed by atoms with Crippen LogP contribution in [0.4, 0.5) is 0 Å². The predicted molar refractivity (Wildman–Crippen MR) is 74.2 cm³/mol. The van der Waals surface area contributed by atoms with Crippen molar-refractivity contribution in [3.8, 4) is 0 Å². The Morgan fingerprint density at radius 2 is 1.94 bits per heavy atom. The van der Waals surface area contributed by atoms with E-state index in [9.17, 15) is 4.21 Å². The van der Waals surface area contributed by atoms with Gasteiger partial charge in [-0.15, -0.1) is 0 Å². The van der Waals surface area contributed by atoms with Crippen molar-refractivity contribution < 1.29 is 4.21 Å². The molecule has 1 aliphatic heterocycles. The molecule has 0 radical (unpaired) electrons. The third-order valence-electron chi connectivity index (χ3n) is 2.97. The highest BCUT2D eigenvalue weighted by atomic mass is 35.5. The van der Waals surface area contributed by atoms with Gasteiger partial charge in [0.15, 0.2) is 0 Å². The molecule has 5 heteroatoms. The fraction of sp³-hybridized carbons (Fsp3) is 0.500. The van der Waals surface area contributed by atoms with E-state index in [0.717, 1.165) is 36.5 Å². The molecule has 1 heterocycles. The summed E-state index contributed by atoms with van der Waals surface area (Å²) in [7, 11) is -0.594. The van der Waals surface area contributed by atoms with Gasteiger partial charge in [-0.05, 0) is 30.5 Å². The summed E-state index contributed by atoms with van der Waals surface area (Å²) in [5.74, 6) is 1.64. The van der Waals surface area contributed by atoms with Gasteiger partial charge in [-0.25, -0.2) is 0 Å². The molecule has 0 amide bonds. The molecule has 2 rings (SSSR count). The highest BCUT2D eigenvalue weighted by Gasteiger charge is 2.16. The van der Waals surface area contributed by atoms with Crippen molar-refractivity contribution in [1.82, 2.24) is 5.32 Å². The van der Waals surface area contributed by atoms with E-state index in [-0.39, 0.29) is 0 Å². The van der Waals surface area contributed by atoms with E-state index in [1.165, 1.54) is 0 Å². The first-order valence-electron chi connectivity index (χ1n) is 5.67. The van der Waals surface area contributed by atoms with Gasteiger partial charge >= 0.3 is 0 Å². The van der Waals surface area contributed by atoms with Crippen molar-refractivity contribution in [3.63, 3.8) is 0 Å². The minimum atomic E-state index is -0.594. The van der Waals surface area contributed by atoms with Crippen LogP contribution in [0.2, 0.25) is 10.0 Å². The van der Waals surface area contributed by atoms with E-state index in [1.54, 1.807) is 0 Å². The molecule has 0 atom stereocenters. The van der Waals surface area contributed by atoms with E-state index in [1.807, 2.05) is 18.2 Å². The Hall–Kier alpha value is -0.0900. The zero-order valence-corrected chi connectivity index (χ0v) is 11.7. The highest BCUT2D eigenvalue weighted by Crippen LogP contribution is 2.22. The Morgan fingerprint density at radius 1 is 1.24 bits per heavy atom. The molecule has 2 nitrogen and oxygen atoms in total. The molecule has 0 spiro atoms. The second-order valence-electron chi connectivity index (χ2n) is 4.25. The Balaban J connectivity index is 1.85. The van der Waals surface area contributed by atoms with Crippen LogP contribution in [-0.2, 0) is 17.3 Å². The van der Waals surface area contributed by atoms with Crippen LogP contribution in [0.5, 0.6) is 0 Å². The Bertz CT molecular complexity index is 415. The molecule has 0 bridgehead atoms. The third kappa shape index (κ3) is 3.95. The molecule has 0 aromatic heterocycles. The van der Waals surface area contributed by atoms with Gasteiger partial charge in [0.2, 0.25) is 0 Å². The molecule has 1 aromatic rings. The Morgan fingerprint density at radius 3 is 2.59 bits per heavy atom. The van der Waals surface area contributed by atoms with Gasteiger partial charge in [-0.3, -0.25) is 4.21 Å². The summed E-state index contributed by atoms with van der Waals surface area (Å²) in [6.45, 7) is 0.786. The van der Waals surface area contributed by atoms with E-state index in [4.69, 9.17) is 23.2 Å². The van der Waals surface area contributed by atoms with Crippen LogP contribution >= 0.6 is 23.2 Å². The standard InChI is InChI=1S/C12H15Cl2NOS/c13-11-2-1-9(7-12(11)14)8-15-10-3-5-17(16)6-4-10/h1-2,7,10,15H,3-6,8H2. The lowest BCUT2D eigenvalue weighted by Gasteiger charge is -2.22. The lowest BCUT2D eigenvalue weighted by atomic mass is 10.1. The van der Waals surface area contributed by atoms with Gasteiger partial charge in [0.25, 0.3) is 0 Å². The minimum absolute atomic E-state index is 0.474. The van der Waals surface area contributed by atoms with E-state index >= 15 is 0 Å². The fourth-order valence-corrected chi connectivity index (χ4v) is 3.53. The quantitative estimate of drug-likeness (QED) is 0.928. The second-order valence-corrected chi connectivity index (χ2v) is 6.76. The van der Waals surface area contributed by atoms with Gasteiger partial charge in [0.05, 0.1) is 10.0 Å². The SMILES string of the molecule is O=S1CCC(NCc2ccc(Cl)c(Cl)c2)CC1. The largest absolute Gasteiger partial charge is 0.310 e. The molecular formula is C12H15Cl2NOS. The summed E-state index contributed by atoms with van der Waals surface area (Å²) in [5.41, 5.74) is 1.13. The molecule has 1 N–H and O–H groups in total. The Labute approximate surface area is 114 Å². The van der Waals surface area contributed by atoms with Crippen molar-refractivity contribution in [2.24, 2.45) is 0 Å². The van der Waals surface area contributed by atoms with Crippen LogP contribution in [-0.4, -0.2) is 21.8 Å². The zero-order valence-electron chi connectivity index (χ0n) is 9.42. The second kappa shape index (κ2) is 6.19. The van der Waals surface area contributed by atoms with Crippen LogP contribution in [0.15, 0.2) is 18.2 Å². The lowest BCUT2D eigenvalue weighted by Crippen LogP contribution is -2.35. The molecule has 1 aliphatic rings. The first-order valence-corrected chi connectivity index (χ1v) is 7.92. The summed E-state index contributed by atoms with van der Waals surface area (Å²) in [5, 5.41) is 4.65. The van der Waals surface area contributed by atoms with Crippen LogP contribution in [0.1, 0.15) is 18.4 Å². The summed E-state index contributed by atoms with van der Waals surface area (Å²) >= 11 is 11.8. The van der Waals surface area contributed by atoms with E-state index in [2.05, 4.69) is 5.32 Å². The number of rotatable bonds is 3. The van der Waals surface area contributed by atoms with Crippen LogP contribution in [0.25, 0.3) is 0 Å². The molecule has 1 fully saturated rings. The maximum atomic E-state index is 11.2. The van der Waals surface area contributed by atoms with E-state index in [0.29, 0.717) is 16.1 Å². The summed E-state index contributed by atoms with van der Waals surface area (Å²) in [4.78, 5) is 0. The first kappa shape index (κ1) is 13.3. The van der Waals surface area contributed by atoms with Crippen LogP contribution < -0.4 is 5.32 Å². The maximum absolute atomic E-state index is 11.2. The summed E-state index contributed by atoms with van der Waals surface area (Å²) in [6, 6.07) is 6.15. The average Bonchev–Trinajstić information content (AvgIpc) is 2.33. The number of halogens is 2. The van der Waals surface area contributed by atoms with Gasteiger partial charge in [-0.1, -0.05) is 29.3 Å². The highest BCUT2D eigenvalue weighted by molar-refractivity contribution is 7.85. The lowest BCUT2D eigenvalue weighted by molar-refractivity contribution is 0.475. The molecule has 0 unspecified atom stereocenters. The molecule has 0 aliphatic carbocycles. The van der Waals surface area contributed by atoms with Crippen molar-refractivity contribution in [3.05, 3.63) is 33.8 Å². The number of hydrogen-bond donors (Lipinski definition) is 1. The number of nitrogens with one attached hydrogen (secondary N) is 1. The molecule has 1 aromatic carbocycles. The van der Waals surface area contributed by atoms with Crippen LogP contribution in [0, 0.1) is 0 Å². The molecule has 0 saturated carbocycles. The summed E-state index contributed by atoms with van der Waals surface area (Å²) < 4.78 is 11.2. The summed E-state index contributed by atoms with van der Waals surface area (Å²) in [6.07, 6.45) is 1.99. The van der Waals surface area contributed by atoms with Gasteiger partial charge < -0.3 is 5.32 Å². The predicted octanol–water partition coefficient (Wildman–Crippen LogP) is 2.99. The maximum Gasteiger partial charge on any atom is 0.0595 e. The van der Waals surface area contributed by atoms with Gasteiger partial charge in [0, 0.05) is 34.9 Å². The van der Waals surface area contributed by atoms with Gasteiger partial charge in [0.1, 0.15) is 0 Å².